The van der Waals surface area contributed by atoms with Crippen LogP contribution >= 0.6 is 0 Å². The van der Waals surface area contributed by atoms with Crippen molar-refractivity contribution < 1.29 is 4.42 Å². The highest BCUT2D eigenvalue weighted by Gasteiger charge is 2.19. The van der Waals surface area contributed by atoms with Crippen LogP contribution in [0.5, 0.6) is 0 Å². The lowest BCUT2D eigenvalue weighted by Crippen LogP contribution is -2.43. The summed E-state index contributed by atoms with van der Waals surface area (Å²) in [6, 6.07) is 6.96. The molecular formula is C17H16N6O2. The summed E-state index contributed by atoms with van der Waals surface area (Å²) in [5.41, 5.74) is 1.95. The van der Waals surface area contributed by atoms with Crippen LogP contribution in [0.25, 0.3) is 28.1 Å². The van der Waals surface area contributed by atoms with Gasteiger partial charge >= 0.3 is 0 Å². The Bertz CT molecular complexity index is 1120. The molecule has 0 unspecified atom stereocenters. The Labute approximate surface area is 142 Å². The third-order valence-corrected chi connectivity index (χ3v) is 4.49. The first-order chi connectivity index (χ1) is 12.3. The highest BCUT2D eigenvalue weighted by Crippen LogP contribution is 2.32. The van der Waals surface area contributed by atoms with E-state index in [0.717, 1.165) is 43.0 Å². The molecule has 4 aromatic heterocycles. The van der Waals surface area contributed by atoms with Crippen molar-refractivity contribution in [1.29, 1.82) is 0 Å². The van der Waals surface area contributed by atoms with Crippen molar-refractivity contribution in [2.45, 2.75) is 0 Å². The van der Waals surface area contributed by atoms with Gasteiger partial charge in [0.25, 0.3) is 5.56 Å². The zero-order chi connectivity index (χ0) is 16.8. The second kappa shape index (κ2) is 5.45. The number of nitrogens with zero attached hydrogens (tertiary/aromatic N) is 4. The smallest absolute Gasteiger partial charge is 0.263 e. The Kier molecular flexibility index (Phi) is 3.10. The highest BCUT2D eigenvalue weighted by molar-refractivity contribution is 5.92. The van der Waals surface area contributed by atoms with Gasteiger partial charge in [-0.15, -0.1) is 0 Å². The topological polar surface area (TPSA) is 91.5 Å². The molecule has 4 aromatic rings. The molecule has 8 heteroatoms. The van der Waals surface area contributed by atoms with E-state index in [1.807, 2.05) is 12.1 Å². The van der Waals surface area contributed by atoms with E-state index in [-0.39, 0.29) is 5.56 Å². The predicted molar refractivity (Wildman–Crippen MR) is 93.9 cm³/mol. The van der Waals surface area contributed by atoms with Crippen LogP contribution in [0, 0.1) is 0 Å². The number of imidazole rings is 1. The summed E-state index contributed by atoms with van der Waals surface area (Å²) < 4.78 is 7.66. The van der Waals surface area contributed by atoms with Gasteiger partial charge in [-0.25, -0.2) is 14.5 Å². The first kappa shape index (κ1) is 14.2. The van der Waals surface area contributed by atoms with Crippen molar-refractivity contribution in [2.75, 3.05) is 31.1 Å². The Hall–Kier alpha value is -3.13. The number of nitrogens with one attached hydrogen (secondary N) is 2. The largest absolute Gasteiger partial charge is 0.454 e. The Morgan fingerprint density at radius 1 is 1.12 bits per heavy atom. The van der Waals surface area contributed by atoms with E-state index >= 15 is 0 Å². The van der Waals surface area contributed by atoms with Gasteiger partial charge < -0.3 is 14.6 Å². The van der Waals surface area contributed by atoms with Crippen LogP contribution in [0.3, 0.4) is 0 Å². The van der Waals surface area contributed by atoms with E-state index in [0.29, 0.717) is 17.1 Å². The lowest BCUT2D eigenvalue weighted by molar-refractivity contribution is 0.586. The van der Waals surface area contributed by atoms with Gasteiger partial charge in [-0.05, 0) is 18.2 Å². The molecule has 25 heavy (non-hydrogen) atoms. The molecule has 0 bridgehead atoms. The summed E-state index contributed by atoms with van der Waals surface area (Å²) in [7, 11) is 0. The van der Waals surface area contributed by atoms with E-state index in [1.54, 1.807) is 23.0 Å². The second-order valence-corrected chi connectivity index (χ2v) is 6.04. The molecule has 5 rings (SSSR count). The highest BCUT2D eigenvalue weighted by atomic mass is 16.3. The van der Waals surface area contributed by atoms with E-state index in [1.165, 1.54) is 6.07 Å². The maximum atomic E-state index is 11.6. The third-order valence-electron chi connectivity index (χ3n) is 4.49. The van der Waals surface area contributed by atoms with Gasteiger partial charge in [0.05, 0.1) is 11.6 Å². The minimum atomic E-state index is -0.189. The van der Waals surface area contributed by atoms with Crippen LogP contribution in [0.4, 0.5) is 5.82 Å². The summed E-state index contributed by atoms with van der Waals surface area (Å²) in [6.45, 7) is 3.71. The Morgan fingerprint density at radius 3 is 2.88 bits per heavy atom. The number of hydrogen-bond donors (Lipinski definition) is 2. The van der Waals surface area contributed by atoms with Crippen molar-refractivity contribution in [2.24, 2.45) is 0 Å². The molecular weight excluding hydrogens is 320 g/mol. The van der Waals surface area contributed by atoms with Crippen molar-refractivity contribution in [3.8, 4) is 11.5 Å². The van der Waals surface area contributed by atoms with Gasteiger partial charge in [-0.2, -0.15) is 0 Å². The van der Waals surface area contributed by atoms with Crippen molar-refractivity contribution in [1.82, 2.24) is 24.9 Å². The molecule has 1 saturated heterocycles. The molecule has 0 saturated carbocycles. The van der Waals surface area contributed by atoms with Gasteiger partial charge in [0.2, 0.25) is 0 Å². The van der Waals surface area contributed by atoms with Gasteiger partial charge in [0.1, 0.15) is 17.1 Å². The predicted octanol–water partition coefficient (Wildman–Crippen LogP) is 1.24. The third kappa shape index (κ3) is 2.30. The fourth-order valence-corrected chi connectivity index (χ4v) is 3.28. The molecule has 0 aliphatic carbocycles. The summed E-state index contributed by atoms with van der Waals surface area (Å²) in [5.74, 6) is 1.57. The van der Waals surface area contributed by atoms with Crippen LogP contribution in [-0.4, -0.2) is 45.8 Å². The number of rotatable bonds is 2. The number of pyridine rings is 1. The van der Waals surface area contributed by atoms with E-state index < -0.39 is 0 Å². The molecule has 2 N–H and O–H groups in total. The average molecular weight is 336 g/mol. The zero-order valence-corrected chi connectivity index (χ0v) is 13.4. The minimum absolute atomic E-state index is 0.189. The Morgan fingerprint density at radius 2 is 2.00 bits per heavy atom. The maximum absolute atomic E-state index is 11.6. The summed E-state index contributed by atoms with van der Waals surface area (Å²) in [5, 5.41) is 7.08. The molecule has 8 nitrogen and oxygen atoms in total. The number of H-pyrrole nitrogens is 1. The average Bonchev–Trinajstić information content (AvgIpc) is 3.25. The lowest BCUT2D eigenvalue weighted by Gasteiger charge is -2.28. The number of aromatic amines is 1. The molecule has 0 atom stereocenters. The standard InChI is InChI=1S/C17H16N6O2/c24-16-2-1-15-20-10-12(23(15)21-16)14-9-11-13(25-14)3-4-19-17(11)22-7-5-18-6-8-22/h1-4,9-10,18H,5-8H2,(H,21,24). The van der Waals surface area contributed by atoms with Crippen LogP contribution in [0.1, 0.15) is 0 Å². The molecule has 1 aliphatic rings. The molecule has 0 amide bonds. The minimum Gasteiger partial charge on any atom is -0.454 e. The summed E-state index contributed by atoms with van der Waals surface area (Å²) in [6.07, 6.45) is 3.46. The lowest BCUT2D eigenvalue weighted by atomic mass is 10.2. The number of aromatic nitrogens is 4. The van der Waals surface area contributed by atoms with Crippen molar-refractivity contribution in [3.05, 3.63) is 47.0 Å². The molecule has 0 spiro atoms. The van der Waals surface area contributed by atoms with Gasteiger partial charge in [0.15, 0.2) is 11.4 Å². The van der Waals surface area contributed by atoms with Gasteiger partial charge in [-0.3, -0.25) is 9.89 Å². The monoisotopic (exact) mass is 336 g/mol. The van der Waals surface area contributed by atoms with Gasteiger partial charge in [0, 0.05) is 38.4 Å². The van der Waals surface area contributed by atoms with Gasteiger partial charge in [-0.1, -0.05) is 0 Å². The SMILES string of the molecule is O=c1ccc2ncc(-c3cc4c(N5CCNCC5)nccc4o3)n2[nH]1. The number of fused-ring (bicyclic) bond motifs is 2. The summed E-state index contributed by atoms with van der Waals surface area (Å²) in [4.78, 5) is 22.8. The first-order valence-electron chi connectivity index (χ1n) is 8.21. The van der Waals surface area contributed by atoms with Crippen LogP contribution in [0.15, 0.2) is 45.9 Å². The van der Waals surface area contributed by atoms with Crippen LogP contribution in [-0.2, 0) is 0 Å². The molecule has 126 valence electrons. The fourth-order valence-electron chi connectivity index (χ4n) is 3.28. The number of piperazine rings is 1. The fraction of sp³-hybridized carbons (Fsp3) is 0.235. The quantitative estimate of drug-likeness (QED) is 0.572. The van der Waals surface area contributed by atoms with E-state index in [9.17, 15) is 4.79 Å². The molecule has 0 radical (unpaired) electrons. The molecule has 5 heterocycles. The Balaban J connectivity index is 1.67. The number of hydrogen-bond acceptors (Lipinski definition) is 6. The number of anilines is 1. The van der Waals surface area contributed by atoms with E-state index in [4.69, 9.17) is 4.42 Å². The summed E-state index contributed by atoms with van der Waals surface area (Å²) >= 11 is 0. The molecule has 0 aromatic carbocycles. The zero-order valence-electron chi connectivity index (χ0n) is 13.4. The molecule has 1 aliphatic heterocycles. The van der Waals surface area contributed by atoms with Crippen LogP contribution in [0.2, 0.25) is 0 Å². The first-order valence-corrected chi connectivity index (χ1v) is 8.21. The normalized spacial score (nSPS) is 15.3. The number of furan rings is 1. The van der Waals surface area contributed by atoms with E-state index in [2.05, 4.69) is 25.3 Å². The van der Waals surface area contributed by atoms with Crippen LogP contribution < -0.4 is 15.8 Å². The van der Waals surface area contributed by atoms with Crippen molar-refractivity contribution in [3.63, 3.8) is 0 Å². The second-order valence-electron chi connectivity index (χ2n) is 6.04. The molecule has 1 fully saturated rings. The maximum Gasteiger partial charge on any atom is 0.263 e. The van der Waals surface area contributed by atoms with Crippen molar-refractivity contribution >= 4 is 22.4 Å².